The molecule has 1 aromatic heterocycles. The Kier molecular flexibility index (Phi) is 6.22. The Morgan fingerprint density at radius 3 is 2.57 bits per heavy atom. The van der Waals surface area contributed by atoms with Gasteiger partial charge in [-0.1, -0.05) is 20.3 Å². The van der Waals surface area contributed by atoms with Gasteiger partial charge in [-0.25, -0.2) is 13.1 Å². The molecule has 21 heavy (non-hydrogen) atoms. The third-order valence-electron chi connectivity index (χ3n) is 4.28. The van der Waals surface area contributed by atoms with Crippen LogP contribution >= 0.6 is 11.3 Å². The van der Waals surface area contributed by atoms with Crippen LogP contribution in [0.3, 0.4) is 0 Å². The zero-order valence-electron chi connectivity index (χ0n) is 12.9. The quantitative estimate of drug-likeness (QED) is 0.807. The minimum absolute atomic E-state index is 0.102. The van der Waals surface area contributed by atoms with Crippen molar-refractivity contribution in [3.8, 4) is 0 Å². The predicted octanol–water partition coefficient (Wildman–Crippen LogP) is 3.10. The van der Waals surface area contributed by atoms with E-state index in [4.69, 9.17) is 0 Å². The van der Waals surface area contributed by atoms with Crippen LogP contribution in [0.15, 0.2) is 16.3 Å². The van der Waals surface area contributed by atoms with E-state index in [-0.39, 0.29) is 6.04 Å². The van der Waals surface area contributed by atoms with Crippen LogP contribution in [0.2, 0.25) is 0 Å². The third-order valence-corrected chi connectivity index (χ3v) is 6.93. The van der Waals surface area contributed by atoms with Crippen LogP contribution < -0.4 is 10.0 Å². The summed E-state index contributed by atoms with van der Waals surface area (Å²) in [5.41, 5.74) is 0. The summed E-state index contributed by atoms with van der Waals surface area (Å²) >= 11 is 1.50. The van der Waals surface area contributed by atoms with E-state index >= 15 is 0 Å². The van der Waals surface area contributed by atoms with Crippen molar-refractivity contribution >= 4 is 21.4 Å². The highest BCUT2D eigenvalue weighted by Crippen LogP contribution is 2.28. The molecule has 6 heteroatoms. The predicted molar refractivity (Wildman–Crippen MR) is 88.1 cm³/mol. The molecule has 0 aliphatic heterocycles. The second-order valence-corrected chi connectivity index (χ2v) is 8.42. The summed E-state index contributed by atoms with van der Waals surface area (Å²) in [7, 11) is -3.38. The van der Waals surface area contributed by atoms with Gasteiger partial charge in [0.2, 0.25) is 10.0 Å². The molecule has 0 spiro atoms. The Balaban J connectivity index is 2.00. The zero-order valence-corrected chi connectivity index (χ0v) is 14.5. The standard InChI is InChI=1S/C15H26N2O2S2/c1-3-12-5-7-13(8-6-12)17-21(18,19)15-9-10-20-14(15)11-16-4-2/h9-10,12-13,16-17H,3-8,11H2,1-2H3. The molecule has 2 rings (SSSR count). The first-order valence-corrected chi connectivity index (χ1v) is 10.2. The number of thiophene rings is 1. The van der Waals surface area contributed by atoms with Gasteiger partial charge in [-0.05, 0) is 49.6 Å². The number of hydrogen-bond acceptors (Lipinski definition) is 4. The van der Waals surface area contributed by atoms with E-state index < -0.39 is 10.0 Å². The molecule has 0 amide bonds. The molecular weight excluding hydrogens is 304 g/mol. The average molecular weight is 331 g/mol. The minimum atomic E-state index is -3.38. The van der Waals surface area contributed by atoms with E-state index in [1.807, 2.05) is 12.3 Å². The summed E-state index contributed by atoms with van der Waals surface area (Å²) < 4.78 is 28.0. The topological polar surface area (TPSA) is 58.2 Å². The summed E-state index contributed by atoms with van der Waals surface area (Å²) in [6.45, 7) is 5.69. The van der Waals surface area contributed by atoms with E-state index in [0.29, 0.717) is 11.4 Å². The molecule has 0 saturated heterocycles. The van der Waals surface area contributed by atoms with E-state index in [2.05, 4.69) is 17.0 Å². The van der Waals surface area contributed by atoms with E-state index in [0.717, 1.165) is 43.0 Å². The van der Waals surface area contributed by atoms with Crippen LogP contribution in [-0.2, 0) is 16.6 Å². The SMILES string of the molecule is CCNCc1sccc1S(=O)(=O)NC1CCC(CC)CC1. The van der Waals surface area contributed by atoms with E-state index in [1.54, 1.807) is 6.07 Å². The summed E-state index contributed by atoms with van der Waals surface area (Å²) in [5.74, 6) is 0.774. The molecule has 1 fully saturated rings. The average Bonchev–Trinajstić information content (AvgIpc) is 2.95. The largest absolute Gasteiger partial charge is 0.312 e. The van der Waals surface area contributed by atoms with Crippen molar-refractivity contribution < 1.29 is 8.42 Å². The third kappa shape index (κ3) is 4.52. The first-order chi connectivity index (χ1) is 10.1. The maximum absolute atomic E-state index is 12.6. The molecule has 1 saturated carbocycles. The molecule has 0 radical (unpaired) electrons. The Labute approximate surface area is 132 Å². The van der Waals surface area contributed by atoms with Crippen molar-refractivity contribution in [1.82, 2.24) is 10.0 Å². The molecule has 1 aliphatic carbocycles. The number of rotatable bonds is 7. The van der Waals surface area contributed by atoms with Crippen LogP contribution in [-0.4, -0.2) is 21.0 Å². The Morgan fingerprint density at radius 1 is 1.24 bits per heavy atom. The Morgan fingerprint density at radius 2 is 1.95 bits per heavy atom. The molecule has 1 aliphatic rings. The molecule has 1 heterocycles. The lowest BCUT2D eigenvalue weighted by molar-refractivity contribution is 0.306. The lowest BCUT2D eigenvalue weighted by atomic mass is 9.85. The van der Waals surface area contributed by atoms with Crippen molar-refractivity contribution in [1.29, 1.82) is 0 Å². The number of sulfonamides is 1. The number of hydrogen-bond donors (Lipinski definition) is 2. The van der Waals surface area contributed by atoms with Crippen LogP contribution in [0.5, 0.6) is 0 Å². The fourth-order valence-corrected chi connectivity index (χ4v) is 5.63. The van der Waals surface area contributed by atoms with E-state index in [9.17, 15) is 8.42 Å². The Bertz CT molecular complexity index is 532. The molecule has 0 bridgehead atoms. The second kappa shape index (κ2) is 7.72. The summed E-state index contributed by atoms with van der Waals surface area (Å²) in [4.78, 5) is 1.35. The monoisotopic (exact) mass is 330 g/mol. The molecule has 0 aromatic carbocycles. The summed E-state index contributed by atoms with van der Waals surface area (Å²) in [6, 6.07) is 1.82. The fraction of sp³-hybridized carbons (Fsp3) is 0.733. The molecule has 120 valence electrons. The molecule has 0 unspecified atom stereocenters. The van der Waals surface area contributed by atoms with Crippen molar-refractivity contribution in [2.75, 3.05) is 6.54 Å². The van der Waals surface area contributed by atoms with Gasteiger partial charge in [-0.3, -0.25) is 0 Å². The van der Waals surface area contributed by atoms with Gasteiger partial charge < -0.3 is 5.32 Å². The van der Waals surface area contributed by atoms with Crippen molar-refractivity contribution in [3.05, 3.63) is 16.3 Å². The maximum Gasteiger partial charge on any atom is 0.241 e. The highest BCUT2D eigenvalue weighted by molar-refractivity contribution is 7.89. The van der Waals surface area contributed by atoms with Gasteiger partial charge in [-0.2, -0.15) is 0 Å². The van der Waals surface area contributed by atoms with Crippen LogP contribution in [0.4, 0.5) is 0 Å². The van der Waals surface area contributed by atoms with Crippen LogP contribution in [0.25, 0.3) is 0 Å². The van der Waals surface area contributed by atoms with Crippen LogP contribution in [0, 0.1) is 5.92 Å². The van der Waals surface area contributed by atoms with Gasteiger partial charge in [0.05, 0.1) is 4.90 Å². The highest BCUT2D eigenvalue weighted by Gasteiger charge is 2.26. The summed E-state index contributed by atoms with van der Waals surface area (Å²) in [5, 5.41) is 5.05. The second-order valence-electron chi connectivity index (χ2n) is 5.74. The lowest BCUT2D eigenvalue weighted by Gasteiger charge is -2.28. The molecule has 4 nitrogen and oxygen atoms in total. The first kappa shape index (κ1) is 16.9. The van der Waals surface area contributed by atoms with Gasteiger partial charge in [-0.15, -0.1) is 11.3 Å². The van der Waals surface area contributed by atoms with Crippen molar-refractivity contribution in [2.24, 2.45) is 5.92 Å². The smallest absolute Gasteiger partial charge is 0.241 e. The van der Waals surface area contributed by atoms with Crippen molar-refractivity contribution in [3.63, 3.8) is 0 Å². The van der Waals surface area contributed by atoms with E-state index in [1.165, 1.54) is 17.8 Å². The van der Waals surface area contributed by atoms with Crippen LogP contribution in [0.1, 0.15) is 50.8 Å². The van der Waals surface area contributed by atoms with Gasteiger partial charge >= 0.3 is 0 Å². The van der Waals surface area contributed by atoms with Crippen molar-refractivity contribution in [2.45, 2.75) is 63.4 Å². The minimum Gasteiger partial charge on any atom is -0.312 e. The summed E-state index contributed by atoms with van der Waals surface area (Å²) in [6.07, 6.45) is 5.40. The van der Waals surface area contributed by atoms with Gasteiger partial charge in [0, 0.05) is 17.5 Å². The molecule has 2 N–H and O–H groups in total. The molecule has 1 aromatic rings. The zero-order chi connectivity index (χ0) is 15.3. The molecule has 0 atom stereocenters. The first-order valence-electron chi connectivity index (χ1n) is 7.86. The molecular formula is C15H26N2O2S2. The highest BCUT2D eigenvalue weighted by atomic mass is 32.2. The van der Waals surface area contributed by atoms with Gasteiger partial charge in [0.25, 0.3) is 0 Å². The normalized spacial score (nSPS) is 23.3. The van der Waals surface area contributed by atoms with Gasteiger partial charge in [0.15, 0.2) is 0 Å². The Hall–Kier alpha value is -0.430. The maximum atomic E-state index is 12.6. The lowest BCUT2D eigenvalue weighted by Crippen LogP contribution is -2.37. The number of nitrogens with one attached hydrogen (secondary N) is 2. The van der Waals surface area contributed by atoms with Gasteiger partial charge in [0.1, 0.15) is 0 Å². The fourth-order valence-electron chi connectivity index (χ4n) is 2.91.